The van der Waals surface area contributed by atoms with E-state index in [1.165, 1.54) is 61.9 Å². The van der Waals surface area contributed by atoms with Crippen LogP contribution in [0.3, 0.4) is 0 Å². The van der Waals surface area contributed by atoms with Crippen molar-refractivity contribution >= 4 is 41.3 Å². The van der Waals surface area contributed by atoms with Gasteiger partial charge in [0, 0.05) is 10.6 Å². The summed E-state index contributed by atoms with van der Waals surface area (Å²) in [5.41, 5.74) is 3.33. The predicted octanol–water partition coefficient (Wildman–Crippen LogP) is 5.12. The highest BCUT2D eigenvalue weighted by molar-refractivity contribution is 6.36. The van der Waals surface area contributed by atoms with Crippen molar-refractivity contribution in [1.29, 1.82) is 0 Å². The molecule has 0 aliphatic rings. The van der Waals surface area contributed by atoms with Gasteiger partial charge in [-0.05, 0) is 66.2 Å². The number of nitrogens with one attached hydrogen (secondary N) is 1. The Morgan fingerprint density at radius 2 is 1.74 bits per heavy atom. The van der Waals surface area contributed by atoms with Crippen LogP contribution in [0.15, 0.2) is 65.8 Å². The Morgan fingerprint density at radius 3 is 2.42 bits per heavy atom. The molecule has 0 saturated heterocycles. The van der Waals surface area contributed by atoms with Crippen molar-refractivity contribution in [3.05, 3.63) is 93.2 Å². The lowest BCUT2D eigenvalue weighted by Crippen LogP contribution is -2.17. The fraction of sp³-hybridized carbons (Fsp3) is 0.0455. The largest absolute Gasteiger partial charge is 0.493 e. The standard InChI is InChI=1S/C22H15Cl2FN2O4/c1-30-20-10-13(12-26-27-21(28)14-3-6-16(25)7-4-14)2-9-19(20)31-22(29)17-8-5-15(23)11-18(17)24/h2-12H,1H3,(H,27,28)/b26-12-. The molecular weight excluding hydrogens is 446 g/mol. The number of amides is 1. The third-order valence-electron chi connectivity index (χ3n) is 4.03. The minimum Gasteiger partial charge on any atom is -0.493 e. The van der Waals surface area contributed by atoms with E-state index >= 15 is 0 Å². The number of carbonyl (C=O) groups excluding carboxylic acids is 2. The number of hydrazone groups is 1. The highest BCUT2D eigenvalue weighted by Gasteiger charge is 2.16. The lowest BCUT2D eigenvalue weighted by molar-refractivity contribution is 0.0729. The molecule has 0 unspecified atom stereocenters. The van der Waals surface area contributed by atoms with Crippen molar-refractivity contribution in [3.63, 3.8) is 0 Å². The first-order valence-corrected chi connectivity index (χ1v) is 9.57. The van der Waals surface area contributed by atoms with E-state index in [2.05, 4.69) is 10.5 Å². The molecule has 3 aromatic rings. The summed E-state index contributed by atoms with van der Waals surface area (Å²) in [6.45, 7) is 0. The maximum atomic E-state index is 12.9. The van der Waals surface area contributed by atoms with Gasteiger partial charge in [0.2, 0.25) is 0 Å². The first-order valence-electron chi connectivity index (χ1n) is 8.81. The van der Waals surface area contributed by atoms with Crippen molar-refractivity contribution in [2.45, 2.75) is 0 Å². The average Bonchev–Trinajstić information content (AvgIpc) is 2.75. The zero-order chi connectivity index (χ0) is 22.4. The van der Waals surface area contributed by atoms with E-state index in [1.807, 2.05) is 0 Å². The molecule has 3 rings (SSSR count). The number of nitrogens with zero attached hydrogens (tertiary/aromatic N) is 1. The first-order chi connectivity index (χ1) is 14.9. The van der Waals surface area contributed by atoms with E-state index in [1.54, 1.807) is 12.1 Å². The lowest BCUT2D eigenvalue weighted by atomic mass is 10.2. The molecule has 0 saturated carbocycles. The Labute approximate surface area is 187 Å². The normalized spacial score (nSPS) is 10.7. The number of hydrogen-bond donors (Lipinski definition) is 1. The third kappa shape index (κ3) is 5.81. The summed E-state index contributed by atoms with van der Waals surface area (Å²) in [5, 5.41) is 4.42. The molecule has 0 aromatic heterocycles. The Balaban J connectivity index is 1.69. The highest BCUT2D eigenvalue weighted by Crippen LogP contribution is 2.29. The zero-order valence-electron chi connectivity index (χ0n) is 16.1. The number of esters is 1. The summed E-state index contributed by atoms with van der Waals surface area (Å²) >= 11 is 11.9. The third-order valence-corrected chi connectivity index (χ3v) is 4.58. The summed E-state index contributed by atoms with van der Waals surface area (Å²) in [6, 6.07) is 14.2. The molecule has 0 aliphatic heterocycles. The van der Waals surface area contributed by atoms with Crippen LogP contribution in [0, 0.1) is 5.82 Å². The summed E-state index contributed by atoms with van der Waals surface area (Å²) in [5.74, 6) is -1.16. The Morgan fingerprint density at radius 1 is 1.00 bits per heavy atom. The Hall–Kier alpha value is -3.42. The van der Waals surface area contributed by atoms with Gasteiger partial charge < -0.3 is 9.47 Å². The number of benzene rings is 3. The van der Waals surface area contributed by atoms with Crippen LogP contribution < -0.4 is 14.9 Å². The quantitative estimate of drug-likeness (QED) is 0.239. The van der Waals surface area contributed by atoms with Gasteiger partial charge in [-0.15, -0.1) is 0 Å². The van der Waals surface area contributed by atoms with Gasteiger partial charge in [-0.1, -0.05) is 23.2 Å². The molecule has 9 heteroatoms. The van der Waals surface area contributed by atoms with Crippen molar-refractivity contribution in [2.75, 3.05) is 7.11 Å². The van der Waals surface area contributed by atoms with Crippen molar-refractivity contribution < 1.29 is 23.5 Å². The smallest absolute Gasteiger partial charge is 0.345 e. The SMILES string of the molecule is COc1cc(/C=N\NC(=O)c2ccc(F)cc2)ccc1OC(=O)c1ccc(Cl)cc1Cl. The van der Waals surface area contributed by atoms with Gasteiger partial charge in [-0.2, -0.15) is 5.10 Å². The van der Waals surface area contributed by atoms with E-state index < -0.39 is 17.7 Å². The van der Waals surface area contributed by atoms with Gasteiger partial charge in [0.15, 0.2) is 11.5 Å². The maximum Gasteiger partial charge on any atom is 0.345 e. The van der Waals surface area contributed by atoms with Crippen LogP contribution in [0.5, 0.6) is 11.5 Å². The zero-order valence-corrected chi connectivity index (χ0v) is 17.6. The number of ether oxygens (including phenoxy) is 2. The number of halogens is 3. The predicted molar refractivity (Wildman–Crippen MR) is 116 cm³/mol. The lowest BCUT2D eigenvalue weighted by Gasteiger charge is -2.10. The second-order valence-electron chi connectivity index (χ2n) is 6.13. The molecule has 0 atom stereocenters. The van der Waals surface area contributed by atoms with Gasteiger partial charge in [-0.3, -0.25) is 4.79 Å². The van der Waals surface area contributed by atoms with E-state index in [-0.39, 0.29) is 27.6 Å². The highest BCUT2D eigenvalue weighted by atomic mass is 35.5. The average molecular weight is 461 g/mol. The van der Waals surface area contributed by atoms with Gasteiger partial charge in [0.1, 0.15) is 5.82 Å². The minimum absolute atomic E-state index is 0.155. The van der Waals surface area contributed by atoms with Crippen LogP contribution in [-0.2, 0) is 0 Å². The van der Waals surface area contributed by atoms with Crippen LogP contribution in [-0.4, -0.2) is 25.2 Å². The van der Waals surface area contributed by atoms with Gasteiger partial charge in [-0.25, -0.2) is 14.6 Å². The summed E-state index contributed by atoms with van der Waals surface area (Å²) in [6.07, 6.45) is 1.38. The minimum atomic E-state index is -0.673. The molecule has 1 amide bonds. The van der Waals surface area contributed by atoms with Gasteiger partial charge in [0.25, 0.3) is 5.91 Å². The maximum absolute atomic E-state index is 12.9. The molecule has 0 bridgehead atoms. The van der Waals surface area contributed by atoms with E-state index in [9.17, 15) is 14.0 Å². The van der Waals surface area contributed by atoms with Crippen molar-refractivity contribution in [3.8, 4) is 11.5 Å². The first kappa shape index (κ1) is 22.3. The van der Waals surface area contributed by atoms with Crippen LogP contribution in [0.2, 0.25) is 10.0 Å². The summed E-state index contributed by atoms with van der Waals surface area (Å²) < 4.78 is 23.6. The van der Waals surface area contributed by atoms with Crippen LogP contribution in [0.4, 0.5) is 4.39 Å². The molecule has 0 radical (unpaired) electrons. The van der Waals surface area contributed by atoms with Crippen LogP contribution in [0.25, 0.3) is 0 Å². The molecule has 31 heavy (non-hydrogen) atoms. The number of rotatable bonds is 6. The van der Waals surface area contributed by atoms with Crippen molar-refractivity contribution in [1.82, 2.24) is 5.43 Å². The van der Waals surface area contributed by atoms with E-state index in [0.717, 1.165) is 0 Å². The molecule has 0 heterocycles. The van der Waals surface area contributed by atoms with Crippen molar-refractivity contribution in [2.24, 2.45) is 5.10 Å². The van der Waals surface area contributed by atoms with E-state index in [4.69, 9.17) is 32.7 Å². The summed E-state index contributed by atoms with van der Waals surface area (Å²) in [7, 11) is 1.42. The Bertz CT molecular complexity index is 1150. The second-order valence-corrected chi connectivity index (χ2v) is 6.97. The molecule has 1 N–H and O–H groups in total. The topological polar surface area (TPSA) is 77.0 Å². The Kier molecular flexibility index (Phi) is 7.23. The fourth-order valence-corrected chi connectivity index (χ4v) is 2.98. The second kappa shape index (κ2) is 10.1. The molecule has 0 fully saturated rings. The van der Waals surface area contributed by atoms with E-state index in [0.29, 0.717) is 10.6 Å². The summed E-state index contributed by atoms with van der Waals surface area (Å²) in [4.78, 5) is 24.4. The fourth-order valence-electron chi connectivity index (χ4n) is 2.49. The molecule has 3 aromatic carbocycles. The molecule has 158 valence electrons. The molecule has 6 nitrogen and oxygen atoms in total. The van der Waals surface area contributed by atoms with Crippen LogP contribution >= 0.6 is 23.2 Å². The molecule has 0 spiro atoms. The van der Waals surface area contributed by atoms with Crippen LogP contribution in [0.1, 0.15) is 26.3 Å². The monoisotopic (exact) mass is 460 g/mol. The number of carbonyl (C=O) groups is 2. The molecular formula is C22H15Cl2FN2O4. The van der Waals surface area contributed by atoms with Gasteiger partial charge >= 0.3 is 5.97 Å². The number of hydrogen-bond acceptors (Lipinski definition) is 5. The molecule has 0 aliphatic carbocycles. The van der Waals surface area contributed by atoms with Gasteiger partial charge in [0.05, 0.1) is 23.9 Å². The number of methoxy groups -OCH3 is 1.